The van der Waals surface area contributed by atoms with Crippen molar-refractivity contribution in [3.8, 4) is 0 Å². The zero-order valence-corrected chi connectivity index (χ0v) is 16.2. The lowest BCUT2D eigenvalue weighted by molar-refractivity contribution is -0.206. The Morgan fingerprint density at radius 1 is 1.42 bits per heavy atom. The van der Waals surface area contributed by atoms with Gasteiger partial charge in [0.25, 0.3) is 0 Å². The minimum absolute atomic E-state index is 0.0238. The fourth-order valence-electron chi connectivity index (χ4n) is 4.05. The first kappa shape index (κ1) is 19.1. The first-order chi connectivity index (χ1) is 12.2. The Kier molecular flexibility index (Phi) is 5.23. The maximum absolute atomic E-state index is 12.4. The molecule has 0 aliphatic carbocycles. The molecule has 2 fully saturated rings. The summed E-state index contributed by atoms with van der Waals surface area (Å²) in [5, 5.41) is 14.7. The molecule has 3 heterocycles. The van der Waals surface area contributed by atoms with Crippen LogP contribution in [0.1, 0.15) is 31.7 Å². The molecule has 1 aromatic rings. The quantitative estimate of drug-likeness (QED) is 0.809. The molecule has 0 saturated carbocycles. The molecule has 1 amide bonds. The van der Waals surface area contributed by atoms with Crippen LogP contribution in [0.2, 0.25) is 0 Å². The number of aromatic nitrogens is 2. The highest BCUT2D eigenvalue weighted by Crippen LogP contribution is 2.39. The van der Waals surface area contributed by atoms with Gasteiger partial charge in [0.2, 0.25) is 5.91 Å². The van der Waals surface area contributed by atoms with Crippen molar-refractivity contribution in [2.45, 2.75) is 43.4 Å². The van der Waals surface area contributed by atoms with Gasteiger partial charge in [-0.3, -0.25) is 9.48 Å². The number of ether oxygens (including phenoxy) is 1. The second-order valence-electron chi connectivity index (χ2n) is 8.12. The normalized spacial score (nSPS) is 29.0. The predicted octanol–water partition coefficient (Wildman–Crippen LogP) is 0.896. The van der Waals surface area contributed by atoms with Gasteiger partial charge in [-0.25, -0.2) is 0 Å². The SMILES string of the molecule is CN(C)[C@H]1CC2(CCN(C(=O)C=Cc3cnn(C)c3)CC2)OC[C@]1(C)O. The number of likely N-dealkylation sites (N-methyl/N-ethyl adjacent to an activating group) is 1. The van der Waals surface area contributed by atoms with E-state index in [0.29, 0.717) is 19.7 Å². The van der Waals surface area contributed by atoms with Crippen LogP contribution in [-0.4, -0.2) is 81.6 Å². The maximum Gasteiger partial charge on any atom is 0.246 e. The number of rotatable bonds is 3. The van der Waals surface area contributed by atoms with E-state index in [1.165, 1.54) is 0 Å². The van der Waals surface area contributed by atoms with Gasteiger partial charge in [-0.15, -0.1) is 0 Å². The average Bonchev–Trinajstić information content (AvgIpc) is 3.01. The molecule has 0 radical (unpaired) electrons. The number of hydrogen-bond acceptors (Lipinski definition) is 5. The largest absolute Gasteiger partial charge is 0.386 e. The number of nitrogens with zero attached hydrogens (tertiary/aromatic N) is 4. The third-order valence-electron chi connectivity index (χ3n) is 5.71. The lowest BCUT2D eigenvalue weighted by atomic mass is 9.77. The highest BCUT2D eigenvalue weighted by Gasteiger charge is 2.49. The van der Waals surface area contributed by atoms with Crippen molar-refractivity contribution in [1.82, 2.24) is 19.6 Å². The van der Waals surface area contributed by atoms with E-state index in [1.54, 1.807) is 23.0 Å². The zero-order chi connectivity index (χ0) is 18.9. The molecule has 3 rings (SSSR count). The Hall–Kier alpha value is -1.70. The Bertz CT molecular complexity index is 672. The second-order valence-corrected chi connectivity index (χ2v) is 8.12. The molecule has 2 aliphatic heterocycles. The van der Waals surface area contributed by atoms with Crippen LogP contribution in [0.5, 0.6) is 0 Å². The van der Waals surface area contributed by atoms with Gasteiger partial charge in [-0.1, -0.05) is 0 Å². The standard InChI is InChI=1S/C19H30N4O3/c1-18(25)14-26-19(11-16(18)21(2)3)7-9-23(10-8-19)17(24)6-5-15-12-20-22(4)13-15/h5-6,12-13,16,25H,7-11,14H2,1-4H3/t16-,18-/m0/s1. The summed E-state index contributed by atoms with van der Waals surface area (Å²) in [6, 6.07) is 0.0592. The Labute approximate surface area is 155 Å². The molecule has 1 N–H and O–H groups in total. The summed E-state index contributed by atoms with van der Waals surface area (Å²) in [6.07, 6.45) is 9.43. The van der Waals surface area contributed by atoms with Crippen LogP contribution in [-0.2, 0) is 16.6 Å². The van der Waals surface area contributed by atoms with Crippen LogP contribution < -0.4 is 0 Å². The van der Waals surface area contributed by atoms with Crippen LogP contribution in [0.3, 0.4) is 0 Å². The van der Waals surface area contributed by atoms with Crippen LogP contribution in [0.4, 0.5) is 0 Å². The number of carbonyl (C=O) groups is 1. The van der Waals surface area contributed by atoms with Crippen LogP contribution in [0.15, 0.2) is 18.5 Å². The molecule has 2 atom stereocenters. The molecular formula is C19H30N4O3. The van der Waals surface area contributed by atoms with Gasteiger partial charge in [-0.05, 0) is 46.4 Å². The number of amides is 1. The van der Waals surface area contributed by atoms with Crippen LogP contribution >= 0.6 is 0 Å². The van der Waals surface area contributed by atoms with Crippen molar-refractivity contribution < 1.29 is 14.6 Å². The van der Waals surface area contributed by atoms with Crippen molar-refractivity contribution in [2.75, 3.05) is 33.8 Å². The summed E-state index contributed by atoms with van der Waals surface area (Å²) in [5.74, 6) is 0.0238. The molecule has 26 heavy (non-hydrogen) atoms. The molecule has 2 saturated heterocycles. The summed E-state index contributed by atoms with van der Waals surface area (Å²) in [5.41, 5.74) is -0.157. The molecule has 2 aliphatic rings. The van der Waals surface area contributed by atoms with E-state index < -0.39 is 5.60 Å². The molecule has 1 aromatic heterocycles. The molecule has 1 spiro atoms. The fourth-order valence-corrected chi connectivity index (χ4v) is 4.05. The molecule has 7 heteroatoms. The van der Waals surface area contributed by atoms with Crippen molar-refractivity contribution in [3.05, 3.63) is 24.0 Å². The summed E-state index contributed by atoms with van der Waals surface area (Å²) < 4.78 is 7.83. The van der Waals surface area contributed by atoms with E-state index in [-0.39, 0.29) is 17.6 Å². The Morgan fingerprint density at radius 2 is 2.12 bits per heavy atom. The van der Waals surface area contributed by atoms with Crippen LogP contribution in [0, 0.1) is 0 Å². The molecule has 0 unspecified atom stereocenters. The lowest BCUT2D eigenvalue weighted by Gasteiger charge is -2.52. The summed E-state index contributed by atoms with van der Waals surface area (Å²) in [6.45, 7) is 3.54. The van der Waals surface area contributed by atoms with E-state index in [4.69, 9.17) is 4.74 Å². The third kappa shape index (κ3) is 4.00. The van der Waals surface area contributed by atoms with Gasteiger partial charge in [0.1, 0.15) is 5.60 Å². The number of piperidine rings is 1. The topological polar surface area (TPSA) is 70.8 Å². The van der Waals surface area contributed by atoms with Crippen LogP contribution in [0.25, 0.3) is 6.08 Å². The van der Waals surface area contributed by atoms with Crippen molar-refractivity contribution in [2.24, 2.45) is 7.05 Å². The summed E-state index contributed by atoms with van der Waals surface area (Å²) in [4.78, 5) is 16.4. The zero-order valence-electron chi connectivity index (χ0n) is 16.2. The van der Waals surface area contributed by atoms with Gasteiger partial charge < -0.3 is 19.6 Å². The van der Waals surface area contributed by atoms with E-state index in [1.807, 2.05) is 39.2 Å². The number of carbonyl (C=O) groups excluding carboxylic acids is 1. The van der Waals surface area contributed by atoms with Crippen molar-refractivity contribution >= 4 is 12.0 Å². The van der Waals surface area contributed by atoms with Gasteiger partial charge in [-0.2, -0.15) is 5.10 Å². The number of likely N-dealkylation sites (tertiary alicyclic amines) is 1. The highest BCUT2D eigenvalue weighted by molar-refractivity contribution is 5.91. The van der Waals surface area contributed by atoms with Gasteiger partial charge in [0.15, 0.2) is 0 Å². The maximum atomic E-state index is 12.4. The number of aryl methyl sites for hydroxylation is 1. The molecule has 0 aromatic carbocycles. The van der Waals surface area contributed by atoms with Gasteiger partial charge in [0, 0.05) is 44.0 Å². The monoisotopic (exact) mass is 362 g/mol. The minimum Gasteiger partial charge on any atom is -0.386 e. The van der Waals surface area contributed by atoms with Crippen molar-refractivity contribution in [1.29, 1.82) is 0 Å². The first-order valence-electron chi connectivity index (χ1n) is 9.19. The molecule has 0 bridgehead atoms. The van der Waals surface area contributed by atoms with E-state index in [2.05, 4.69) is 10.00 Å². The smallest absolute Gasteiger partial charge is 0.246 e. The summed E-state index contributed by atoms with van der Waals surface area (Å²) in [7, 11) is 5.85. The minimum atomic E-state index is -0.839. The van der Waals surface area contributed by atoms with Crippen molar-refractivity contribution in [3.63, 3.8) is 0 Å². The number of hydrogen-bond donors (Lipinski definition) is 1. The predicted molar refractivity (Wildman–Crippen MR) is 99.5 cm³/mol. The first-order valence-corrected chi connectivity index (χ1v) is 9.19. The Balaban J connectivity index is 1.58. The second kappa shape index (κ2) is 7.13. The number of aliphatic hydroxyl groups is 1. The van der Waals surface area contributed by atoms with Gasteiger partial charge in [0.05, 0.1) is 18.4 Å². The highest BCUT2D eigenvalue weighted by atomic mass is 16.5. The molecular weight excluding hydrogens is 332 g/mol. The van der Waals surface area contributed by atoms with E-state index in [0.717, 1.165) is 24.8 Å². The third-order valence-corrected chi connectivity index (χ3v) is 5.71. The average molecular weight is 362 g/mol. The molecule has 7 nitrogen and oxygen atoms in total. The Morgan fingerprint density at radius 3 is 2.69 bits per heavy atom. The van der Waals surface area contributed by atoms with E-state index in [9.17, 15) is 9.90 Å². The summed E-state index contributed by atoms with van der Waals surface area (Å²) >= 11 is 0. The molecule has 144 valence electrons. The van der Waals surface area contributed by atoms with E-state index >= 15 is 0 Å². The lowest BCUT2D eigenvalue weighted by Crippen LogP contribution is -2.62. The van der Waals surface area contributed by atoms with Gasteiger partial charge >= 0.3 is 0 Å². The fraction of sp³-hybridized carbons (Fsp3) is 0.684.